The van der Waals surface area contributed by atoms with E-state index >= 15 is 0 Å². The van der Waals surface area contributed by atoms with Gasteiger partial charge in [0.05, 0.1) is 0 Å². The highest BCUT2D eigenvalue weighted by Crippen LogP contribution is 2.40. The third-order valence-electron chi connectivity index (χ3n) is 5.82. The fraction of sp³-hybridized carbons (Fsp3) is 0.545. The Morgan fingerprint density at radius 3 is 1.32 bits per heavy atom. The van der Waals surface area contributed by atoms with Gasteiger partial charge in [0, 0.05) is 0 Å². The zero-order valence-electron chi connectivity index (χ0n) is 13.9. The van der Waals surface area contributed by atoms with E-state index in [0.29, 0.717) is 0 Å². The molecule has 0 heteroatoms. The summed E-state index contributed by atoms with van der Waals surface area (Å²) in [6, 6.07) is 4.90. The normalized spacial score (nSPS) is 20.7. The molecule has 0 spiro atoms. The lowest BCUT2D eigenvalue weighted by Crippen LogP contribution is -2.10. The van der Waals surface area contributed by atoms with Crippen LogP contribution in [-0.2, 0) is 0 Å². The Bertz CT molecular complexity index is 475. The molecule has 2 fully saturated rings. The molecule has 0 nitrogen and oxygen atoms in total. The largest absolute Gasteiger partial charge is 0.0985 e. The average Bonchev–Trinajstić information content (AvgIpc) is 2.62. The van der Waals surface area contributed by atoms with Crippen LogP contribution in [0, 0.1) is 0 Å². The zero-order chi connectivity index (χ0) is 15.4. The van der Waals surface area contributed by atoms with Crippen LogP contribution in [0.4, 0.5) is 0 Å². The predicted octanol–water partition coefficient (Wildman–Crippen LogP) is 7.07. The maximum atomic E-state index is 4.10. The van der Waals surface area contributed by atoms with Crippen LogP contribution in [0.5, 0.6) is 0 Å². The van der Waals surface area contributed by atoms with Crippen molar-refractivity contribution in [3.05, 3.63) is 47.5 Å². The lowest BCUT2D eigenvalue weighted by molar-refractivity contribution is 0.438. The van der Waals surface area contributed by atoms with E-state index in [1.807, 2.05) is 0 Å². The lowest BCUT2D eigenvalue weighted by Gasteiger charge is -2.28. The van der Waals surface area contributed by atoms with E-state index in [4.69, 9.17) is 0 Å². The molecule has 22 heavy (non-hydrogen) atoms. The molecule has 3 rings (SSSR count). The second-order valence-corrected chi connectivity index (χ2v) is 7.19. The molecule has 0 aliphatic heterocycles. The summed E-state index contributed by atoms with van der Waals surface area (Å²) in [7, 11) is 0. The van der Waals surface area contributed by atoms with Gasteiger partial charge in [-0.05, 0) is 59.8 Å². The molecule has 1 aromatic rings. The Morgan fingerprint density at radius 1 is 0.636 bits per heavy atom. The highest BCUT2D eigenvalue weighted by atomic mass is 14.3. The minimum absolute atomic E-state index is 0.737. The molecule has 0 saturated heterocycles. The third-order valence-corrected chi connectivity index (χ3v) is 5.82. The maximum Gasteiger partial charge on any atom is -0.0156 e. The summed E-state index contributed by atoms with van der Waals surface area (Å²) in [5, 5.41) is 0. The monoisotopic (exact) mass is 294 g/mol. The van der Waals surface area contributed by atoms with Crippen molar-refractivity contribution < 1.29 is 0 Å². The first-order valence-corrected chi connectivity index (χ1v) is 9.26. The number of benzene rings is 1. The minimum Gasteiger partial charge on any atom is -0.0985 e. The van der Waals surface area contributed by atoms with E-state index in [-0.39, 0.29) is 0 Å². The molecule has 1 aromatic carbocycles. The maximum absolute atomic E-state index is 4.10. The number of rotatable bonds is 4. The zero-order valence-corrected chi connectivity index (χ0v) is 13.9. The second kappa shape index (κ2) is 7.31. The molecule has 0 atom stereocenters. The van der Waals surface area contributed by atoms with Crippen molar-refractivity contribution in [2.24, 2.45) is 0 Å². The second-order valence-electron chi connectivity index (χ2n) is 7.19. The molecule has 0 bridgehead atoms. The molecular formula is C22H30. The van der Waals surface area contributed by atoms with Crippen LogP contribution in [0.2, 0.25) is 0 Å². The number of hydrogen-bond donors (Lipinski definition) is 0. The summed E-state index contributed by atoms with van der Waals surface area (Å²) in [5.74, 6) is 1.47. The minimum atomic E-state index is 0.737. The van der Waals surface area contributed by atoms with E-state index < -0.39 is 0 Å². The summed E-state index contributed by atoms with van der Waals surface area (Å²) in [5.41, 5.74) is 5.84. The van der Waals surface area contributed by atoms with Crippen LogP contribution in [0.25, 0.3) is 12.2 Å². The highest BCUT2D eigenvalue weighted by Gasteiger charge is 2.22. The molecule has 0 unspecified atom stereocenters. The van der Waals surface area contributed by atoms with Gasteiger partial charge in [0.25, 0.3) is 0 Å². The Morgan fingerprint density at radius 2 is 1.00 bits per heavy atom. The average molecular weight is 294 g/mol. The van der Waals surface area contributed by atoms with Gasteiger partial charge in [-0.1, -0.05) is 76.0 Å². The van der Waals surface area contributed by atoms with Crippen LogP contribution >= 0.6 is 0 Å². The molecular weight excluding hydrogens is 264 g/mol. The van der Waals surface area contributed by atoms with Crippen molar-refractivity contribution in [1.29, 1.82) is 0 Å². The van der Waals surface area contributed by atoms with Crippen molar-refractivity contribution in [3.63, 3.8) is 0 Å². The van der Waals surface area contributed by atoms with Crippen LogP contribution in [0.3, 0.4) is 0 Å². The molecule has 2 aliphatic carbocycles. The van der Waals surface area contributed by atoms with Crippen molar-refractivity contribution in [2.75, 3.05) is 0 Å². The molecule has 2 aliphatic rings. The van der Waals surface area contributed by atoms with E-state index in [1.54, 1.807) is 0 Å². The van der Waals surface area contributed by atoms with Crippen LogP contribution in [0.15, 0.2) is 25.3 Å². The summed E-state index contributed by atoms with van der Waals surface area (Å²) in [6.45, 7) is 8.20. The van der Waals surface area contributed by atoms with Gasteiger partial charge in [0.2, 0.25) is 0 Å². The summed E-state index contributed by atoms with van der Waals surface area (Å²) < 4.78 is 0. The van der Waals surface area contributed by atoms with E-state index in [9.17, 15) is 0 Å². The lowest BCUT2D eigenvalue weighted by atomic mass is 9.77. The van der Waals surface area contributed by atoms with E-state index in [0.717, 1.165) is 11.8 Å². The van der Waals surface area contributed by atoms with Gasteiger partial charge in [0.1, 0.15) is 0 Å². The van der Waals surface area contributed by atoms with Crippen LogP contribution in [0.1, 0.15) is 98.3 Å². The van der Waals surface area contributed by atoms with Crippen LogP contribution < -0.4 is 0 Å². The molecule has 118 valence electrons. The van der Waals surface area contributed by atoms with Gasteiger partial charge < -0.3 is 0 Å². The quantitative estimate of drug-likeness (QED) is 0.557. The van der Waals surface area contributed by atoms with Crippen molar-refractivity contribution >= 4 is 12.2 Å². The van der Waals surface area contributed by atoms with Gasteiger partial charge in [0.15, 0.2) is 0 Å². The molecule has 0 heterocycles. The molecule has 0 radical (unpaired) electrons. The summed E-state index contributed by atoms with van der Waals surface area (Å²) in [4.78, 5) is 0. The van der Waals surface area contributed by atoms with Crippen LogP contribution in [-0.4, -0.2) is 0 Å². The third kappa shape index (κ3) is 3.21. The first kappa shape index (κ1) is 15.6. The topological polar surface area (TPSA) is 0 Å². The fourth-order valence-electron chi connectivity index (χ4n) is 4.56. The summed E-state index contributed by atoms with van der Waals surface area (Å²) in [6.07, 6.45) is 17.9. The highest BCUT2D eigenvalue weighted by molar-refractivity contribution is 5.63. The molecule has 0 amide bonds. The Labute approximate surface area is 136 Å². The Balaban J connectivity index is 1.97. The SMILES string of the molecule is C=Cc1cc(C2CCCCC2)c(C=C)cc1C1CCCCC1. The standard InChI is InChI=1S/C22H30/c1-3-17-15-22(20-13-9-6-10-14-20)18(4-2)16-21(17)19-11-7-5-8-12-19/h3-4,15-16,19-20H,1-2,5-14H2. The van der Waals surface area contributed by atoms with Gasteiger partial charge in [-0.15, -0.1) is 0 Å². The van der Waals surface area contributed by atoms with Gasteiger partial charge >= 0.3 is 0 Å². The van der Waals surface area contributed by atoms with E-state index in [2.05, 4.69) is 37.4 Å². The Hall–Kier alpha value is -1.30. The Kier molecular flexibility index (Phi) is 5.18. The summed E-state index contributed by atoms with van der Waals surface area (Å²) >= 11 is 0. The molecule has 0 N–H and O–H groups in total. The van der Waals surface area contributed by atoms with Crippen molar-refractivity contribution in [1.82, 2.24) is 0 Å². The number of hydrogen-bond acceptors (Lipinski definition) is 0. The first-order chi connectivity index (χ1) is 10.8. The van der Waals surface area contributed by atoms with Gasteiger partial charge in [-0.25, -0.2) is 0 Å². The first-order valence-electron chi connectivity index (χ1n) is 9.26. The fourth-order valence-corrected chi connectivity index (χ4v) is 4.56. The predicted molar refractivity (Wildman–Crippen MR) is 98.3 cm³/mol. The smallest absolute Gasteiger partial charge is 0.0156 e. The van der Waals surface area contributed by atoms with Crippen molar-refractivity contribution in [2.45, 2.75) is 76.0 Å². The van der Waals surface area contributed by atoms with Gasteiger partial charge in [-0.2, -0.15) is 0 Å². The van der Waals surface area contributed by atoms with Crippen molar-refractivity contribution in [3.8, 4) is 0 Å². The van der Waals surface area contributed by atoms with Gasteiger partial charge in [-0.3, -0.25) is 0 Å². The van der Waals surface area contributed by atoms with E-state index in [1.165, 1.54) is 86.5 Å². The molecule has 2 saturated carbocycles. The molecule has 0 aromatic heterocycles.